The van der Waals surface area contributed by atoms with Crippen LogP contribution in [0.5, 0.6) is 0 Å². The fraction of sp³-hybridized carbons (Fsp3) is 0.0435. The molecule has 4 rings (SSSR count). The average molecular weight is 397 g/mol. The summed E-state index contributed by atoms with van der Waals surface area (Å²) in [7, 11) is 0. The summed E-state index contributed by atoms with van der Waals surface area (Å²) < 4.78 is 0. The summed E-state index contributed by atoms with van der Waals surface area (Å²) >= 11 is 0. The SMILES string of the molecule is Cc1ccccc1/C=N\NC(=O)c1ccc(Nc2nc3ccccc3c(=O)[nH]2)cc1. The molecule has 7 heteroatoms. The van der Waals surface area contributed by atoms with E-state index in [1.807, 2.05) is 37.3 Å². The highest BCUT2D eigenvalue weighted by Gasteiger charge is 2.06. The molecule has 0 spiro atoms. The molecule has 1 aromatic heterocycles. The molecule has 148 valence electrons. The summed E-state index contributed by atoms with van der Waals surface area (Å²) in [5.74, 6) is 0.0161. The predicted molar refractivity (Wildman–Crippen MR) is 118 cm³/mol. The van der Waals surface area contributed by atoms with Gasteiger partial charge in [0.1, 0.15) is 0 Å². The van der Waals surface area contributed by atoms with Gasteiger partial charge in [-0.2, -0.15) is 5.10 Å². The van der Waals surface area contributed by atoms with Gasteiger partial charge in [0.25, 0.3) is 11.5 Å². The van der Waals surface area contributed by atoms with Crippen molar-refractivity contribution in [2.45, 2.75) is 6.92 Å². The maximum atomic E-state index is 12.3. The molecular weight excluding hydrogens is 378 g/mol. The summed E-state index contributed by atoms with van der Waals surface area (Å²) in [6, 6.07) is 21.7. The number of hydrogen-bond acceptors (Lipinski definition) is 5. The number of hydrogen-bond donors (Lipinski definition) is 3. The van der Waals surface area contributed by atoms with E-state index in [-0.39, 0.29) is 11.5 Å². The number of benzene rings is 3. The third-order valence-electron chi connectivity index (χ3n) is 4.58. The van der Waals surface area contributed by atoms with E-state index in [1.165, 1.54) is 0 Å². The number of para-hydroxylation sites is 1. The maximum absolute atomic E-state index is 12.3. The van der Waals surface area contributed by atoms with E-state index < -0.39 is 0 Å². The first-order valence-electron chi connectivity index (χ1n) is 9.35. The number of nitrogens with one attached hydrogen (secondary N) is 3. The van der Waals surface area contributed by atoms with Crippen LogP contribution < -0.4 is 16.3 Å². The zero-order valence-corrected chi connectivity index (χ0v) is 16.2. The Balaban J connectivity index is 1.43. The second kappa shape index (κ2) is 8.40. The van der Waals surface area contributed by atoms with Gasteiger partial charge in [-0.3, -0.25) is 14.6 Å². The molecule has 0 radical (unpaired) electrons. The summed E-state index contributed by atoms with van der Waals surface area (Å²) in [4.78, 5) is 31.5. The van der Waals surface area contributed by atoms with Gasteiger partial charge in [-0.05, 0) is 54.4 Å². The third-order valence-corrected chi connectivity index (χ3v) is 4.58. The van der Waals surface area contributed by atoms with Crippen LogP contribution in [0.2, 0.25) is 0 Å². The number of carbonyl (C=O) groups excluding carboxylic acids is 1. The van der Waals surface area contributed by atoms with E-state index in [0.717, 1.165) is 11.1 Å². The molecule has 0 fully saturated rings. The molecule has 0 saturated carbocycles. The Morgan fingerprint density at radius 2 is 1.73 bits per heavy atom. The van der Waals surface area contributed by atoms with Crippen LogP contribution in [0.3, 0.4) is 0 Å². The predicted octanol–water partition coefficient (Wildman–Crippen LogP) is 3.74. The lowest BCUT2D eigenvalue weighted by atomic mass is 10.1. The van der Waals surface area contributed by atoms with E-state index in [9.17, 15) is 9.59 Å². The molecule has 3 aromatic carbocycles. The number of hydrazone groups is 1. The Bertz CT molecular complexity index is 1290. The number of rotatable bonds is 5. The molecule has 0 aliphatic carbocycles. The average Bonchev–Trinajstić information content (AvgIpc) is 2.75. The molecule has 0 bridgehead atoms. The molecule has 30 heavy (non-hydrogen) atoms. The standard InChI is InChI=1S/C23H19N5O2/c1-15-6-2-3-7-17(15)14-24-28-21(29)16-10-12-18(13-11-16)25-23-26-20-9-5-4-8-19(20)22(30)27-23/h2-14H,1H3,(H,28,29)(H2,25,26,27,30)/b24-14-. The lowest BCUT2D eigenvalue weighted by Gasteiger charge is -2.07. The highest BCUT2D eigenvalue weighted by Crippen LogP contribution is 2.15. The minimum atomic E-state index is -0.316. The van der Waals surface area contributed by atoms with E-state index in [2.05, 4.69) is 25.8 Å². The zero-order chi connectivity index (χ0) is 20.9. The zero-order valence-electron chi connectivity index (χ0n) is 16.2. The Labute approximate surface area is 172 Å². The molecule has 1 amide bonds. The number of anilines is 2. The molecule has 1 heterocycles. The number of aryl methyl sites for hydroxylation is 1. The number of nitrogens with zero attached hydrogens (tertiary/aromatic N) is 2. The Hall–Kier alpha value is -4.26. The van der Waals surface area contributed by atoms with Crippen molar-refractivity contribution in [2.75, 3.05) is 5.32 Å². The van der Waals surface area contributed by atoms with Crippen LogP contribution in [0.1, 0.15) is 21.5 Å². The smallest absolute Gasteiger partial charge is 0.271 e. The van der Waals surface area contributed by atoms with Gasteiger partial charge in [0.15, 0.2) is 0 Å². The fourth-order valence-electron chi connectivity index (χ4n) is 2.94. The first-order chi connectivity index (χ1) is 14.6. The molecule has 0 atom stereocenters. The molecule has 7 nitrogen and oxygen atoms in total. The van der Waals surface area contributed by atoms with E-state index in [0.29, 0.717) is 28.1 Å². The molecule has 0 saturated heterocycles. The maximum Gasteiger partial charge on any atom is 0.271 e. The van der Waals surface area contributed by atoms with Crippen molar-refractivity contribution in [2.24, 2.45) is 5.10 Å². The highest BCUT2D eigenvalue weighted by molar-refractivity contribution is 5.95. The van der Waals surface area contributed by atoms with Gasteiger partial charge in [-0.15, -0.1) is 0 Å². The van der Waals surface area contributed by atoms with Gasteiger partial charge in [0.2, 0.25) is 5.95 Å². The molecule has 0 aliphatic heterocycles. The highest BCUT2D eigenvalue weighted by atomic mass is 16.2. The second-order valence-electron chi connectivity index (χ2n) is 6.69. The van der Waals surface area contributed by atoms with Crippen molar-refractivity contribution >= 4 is 34.7 Å². The lowest BCUT2D eigenvalue weighted by molar-refractivity contribution is 0.0955. The van der Waals surface area contributed by atoms with Crippen molar-refractivity contribution in [3.05, 3.63) is 99.8 Å². The Kier molecular flexibility index (Phi) is 5.34. The molecule has 3 N–H and O–H groups in total. The number of H-pyrrole nitrogens is 1. The van der Waals surface area contributed by atoms with Gasteiger partial charge < -0.3 is 5.32 Å². The van der Waals surface area contributed by atoms with Crippen molar-refractivity contribution in [1.29, 1.82) is 0 Å². The van der Waals surface area contributed by atoms with Gasteiger partial charge in [-0.1, -0.05) is 36.4 Å². The van der Waals surface area contributed by atoms with Crippen molar-refractivity contribution in [3.8, 4) is 0 Å². The topological polar surface area (TPSA) is 99.2 Å². The van der Waals surface area contributed by atoms with E-state index in [1.54, 1.807) is 48.7 Å². The van der Waals surface area contributed by atoms with Crippen LogP contribution in [0.15, 0.2) is 82.7 Å². The number of aromatic amines is 1. The van der Waals surface area contributed by atoms with Crippen molar-refractivity contribution < 1.29 is 4.79 Å². The van der Waals surface area contributed by atoms with Gasteiger partial charge in [-0.25, -0.2) is 10.4 Å². The van der Waals surface area contributed by atoms with Gasteiger partial charge >= 0.3 is 0 Å². The summed E-state index contributed by atoms with van der Waals surface area (Å²) in [6.07, 6.45) is 1.62. The minimum absolute atomic E-state index is 0.217. The monoisotopic (exact) mass is 397 g/mol. The summed E-state index contributed by atoms with van der Waals surface area (Å²) in [5.41, 5.74) is 6.07. The van der Waals surface area contributed by atoms with Crippen molar-refractivity contribution in [3.63, 3.8) is 0 Å². The van der Waals surface area contributed by atoms with Gasteiger partial charge in [0, 0.05) is 11.3 Å². The molecule has 4 aromatic rings. The van der Waals surface area contributed by atoms with E-state index in [4.69, 9.17) is 0 Å². The largest absolute Gasteiger partial charge is 0.326 e. The normalized spacial score (nSPS) is 11.0. The summed E-state index contributed by atoms with van der Waals surface area (Å²) in [5, 5.41) is 7.59. The fourth-order valence-corrected chi connectivity index (χ4v) is 2.94. The van der Waals surface area contributed by atoms with Crippen LogP contribution >= 0.6 is 0 Å². The van der Waals surface area contributed by atoms with Crippen LogP contribution in [-0.4, -0.2) is 22.1 Å². The lowest BCUT2D eigenvalue weighted by Crippen LogP contribution is -2.17. The molecule has 0 unspecified atom stereocenters. The van der Waals surface area contributed by atoms with E-state index >= 15 is 0 Å². The summed E-state index contributed by atoms with van der Waals surface area (Å²) in [6.45, 7) is 1.98. The van der Waals surface area contributed by atoms with Crippen LogP contribution in [0.25, 0.3) is 10.9 Å². The molecular formula is C23H19N5O2. The van der Waals surface area contributed by atoms with Crippen molar-refractivity contribution in [1.82, 2.24) is 15.4 Å². The molecule has 0 aliphatic rings. The van der Waals surface area contributed by atoms with Crippen LogP contribution in [0, 0.1) is 6.92 Å². The minimum Gasteiger partial charge on any atom is -0.326 e. The Morgan fingerprint density at radius 3 is 2.53 bits per heavy atom. The quantitative estimate of drug-likeness (QED) is 0.353. The number of aromatic nitrogens is 2. The Morgan fingerprint density at radius 1 is 1.00 bits per heavy atom. The third kappa shape index (κ3) is 4.25. The van der Waals surface area contributed by atoms with Crippen LogP contribution in [0.4, 0.5) is 11.6 Å². The number of amides is 1. The first-order valence-corrected chi connectivity index (χ1v) is 9.35. The van der Waals surface area contributed by atoms with Crippen LogP contribution in [-0.2, 0) is 0 Å². The number of fused-ring (bicyclic) bond motifs is 1. The number of carbonyl (C=O) groups is 1. The van der Waals surface area contributed by atoms with Gasteiger partial charge in [0.05, 0.1) is 17.1 Å². The first kappa shape index (κ1) is 19.1. The second-order valence-corrected chi connectivity index (χ2v) is 6.69.